The summed E-state index contributed by atoms with van der Waals surface area (Å²) < 4.78 is 0. The number of guanidine groups is 1. The van der Waals surface area contributed by atoms with Gasteiger partial charge in [-0.05, 0) is 125 Å². The van der Waals surface area contributed by atoms with E-state index in [1.807, 2.05) is 78.9 Å². The fraction of sp³-hybridized carbons (Fsp3) is 0.364. The van der Waals surface area contributed by atoms with E-state index >= 15 is 9.59 Å². The summed E-state index contributed by atoms with van der Waals surface area (Å²) in [6, 6.07) is 27.7. The van der Waals surface area contributed by atoms with E-state index in [4.69, 9.17) is 28.8 Å². The Labute approximate surface area is 618 Å². The van der Waals surface area contributed by atoms with Crippen molar-refractivity contribution in [1.82, 2.24) is 57.7 Å². The van der Waals surface area contributed by atoms with E-state index in [-0.39, 0.29) is 88.5 Å². The molecule has 10 atom stereocenters. The van der Waals surface area contributed by atoms with Gasteiger partial charge in [0.1, 0.15) is 66.2 Å². The summed E-state index contributed by atoms with van der Waals surface area (Å²) in [7, 11) is 0. The topological polar surface area (TPSA) is 443 Å². The van der Waals surface area contributed by atoms with Crippen molar-refractivity contribution >= 4 is 104 Å². The van der Waals surface area contributed by atoms with E-state index in [1.165, 1.54) is 55.4 Å². The number of aromatic nitrogens is 1. The van der Waals surface area contributed by atoms with Gasteiger partial charge in [0, 0.05) is 69.5 Å². The number of nitrogens with zero attached hydrogens (tertiary/aromatic N) is 3. The number of phenols is 1. The van der Waals surface area contributed by atoms with Crippen LogP contribution in [0.15, 0.2) is 163 Å². The number of aliphatic hydroxyl groups is 1. The van der Waals surface area contributed by atoms with Gasteiger partial charge < -0.3 is 80.2 Å². The number of primary amides is 1. The van der Waals surface area contributed by atoms with Crippen LogP contribution in [0.4, 0.5) is 0 Å². The smallest absolute Gasteiger partial charge is 0.245 e. The second-order valence-corrected chi connectivity index (χ2v) is 27.2. The van der Waals surface area contributed by atoms with Crippen LogP contribution in [-0.2, 0) is 84.8 Å². The van der Waals surface area contributed by atoms with Gasteiger partial charge >= 0.3 is 0 Å². The van der Waals surface area contributed by atoms with Crippen molar-refractivity contribution in [3.8, 4) is 5.75 Å². The number of phenolic OH excluding ortho intramolecular Hbond substituents is 1. The Hall–Kier alpha value is -11.5. The molecule has 2 heterocycles. The van der Waals surface area contributed by atoms with Crippen LogP contribution in [0.3, 0.4) is 0 Å². The Balaban J connectivity index is 1.06. The van der Waals surface area contributed by atoms with Crippen molar-refractivity contribution < 1.29 is 63.0 Å². The molecule has 0 bridgehead atoms. The summed E-state index contributed by atoms with van der Waals surface area (Å²) in [6.07, 6.45) is 2.95. The first-order valence-corrected chi connectivity index (χ1v) is 35.4. The molecule has 1 fully saturated rings. The number of pyridine rings is 1. The molecule has 11 amide bonds. The largest absolute Gasteiger partial charge is 0.508 e. The van der Waals surface area contributed by atoms with Gasteiger partial charge in [-0.2, -0.15) is 0 Å². The van der Waals surface area contributed by atoms with Gasteiger partial charge in [-0.3, -0.25) is 62.7 Å². The second kappa shape index (κ2) is 38.8. The summed E-state index contributed by atoms with van der Waals surface area (Å²) in [6.45, 7) is 5.42. The lowest BCUT2D eigenvalue weighted by Gasteiger charge is -2.31. The number of amides is 11. The molecule has 560 valence electrons. The number of carbonyl (C=O) groups is 11. The molecule has 17 N–H and O–H groups in total. The first kappa shape index (κ1) is 80.2. The number of hydrogen-bond donors (Lipinski definition) is 14. The predicted molar refractivity (Wildman–Crippen MR) is 399 cm³/mol. The molecule has 1 aromatic heterocycles. The maximum Gasteiger partial charge on any atom is 0.245 e. The quantitative estimate of drug-likeness (QED) is 0.0152. The molecule has 29 heteroatoms. The average molecular weight is 1470 g/mol. The number of hydrogen-bond acceptors (Lipinski definition) is 15. The summed E-state index contributed by atoms with van der Waals surface area (Å²) in [5, 5.41) is 49.6. The van der Waals surface area contributed by atoms with Crippen molar-refractivity contribution in [2.24, 2.45) is 28.1 Å². The lowest BCUT2D eigenvalue weighted by atomic mass is 9.98. The van der Waals surface area contributed by atoms with Gasteiger partial charge in [0.2, 0.25) is 65.0 Å². The summed E-state index contributed by atoms with van der Waals surface area (Å²) in [5.41, 5.74) is 19.3. The standard InChI is InChI=1S/C77H92ClN15O13/c1-44(2)34-59(68(98)86-58(17-10-32-83-77(80)81)76(106)93-33-11-18-66(93)75(105)84-45(3)67(79)97)87-72(102)63(40-50-20-26-53-14-6-8-16-55(53)36-50)89-71(101)62(38-48-23-29-57(96)30-24-48)91-74(104)65(43-94)92-73(103)64(41-51-12-9-31-82-42-51)90-70(100)61(37-47-21-27-56(78)28-22-47)88-69(99)60(85-46(4)95)39-49-19-25-52-13-5-7-15-54(52)35-49/h5-9,12-16,19-31,35-36,42,44-45,58-66,94,96H,10-11,17-18,32-34,37-41,43H2,1-4H3,(H2,79,97)(H,84,105)(H,85,95)(H,86,98)(H,87,102)(H,88,99)(H,89,101)(H,90,100)(H,91,104)(H,92,103)(H4,80,81,83)/t45-,58+,59+,60+,61+,62+,63+,64+,65+,66+/m1/s1. The molecule has 0 radical (unpaired) electrons. The Morgan fingerprint density at radius 3 is 1.42 bits per heavy atom. The number of fused-ring (bicyclic) bond motifs is 2. The first-order chi connectivity index (χ1) is 50.7. The number of benzene rings is 6. The monoisotopic (exact) mass is 1470 g/mol. The molecule has 0 saturated carbocycles. The van der Waals surface area contributed by atoms with Crippen molar-refractivity contribution in [2.75, 3.05) is 19.7 Å². The average Bonchev–Trinajstić information content (AvgIpc) is 1.44. The molecule has 1 saturated heterocycles. The van der Waals surface area contributed by atoms with Gasteiger partial charge in [0.05, 0.1) is 6.61 Å². The van der Waals surface area contributed by atoms with Crippen molar-refractivity contribution in [1.29, 1.82) is 0 Å². The predicted octanol–water partition coefficient (Wildman–Crippen LogP) is 2.23. The molecule has 6 aromatic carbocycles. The van der Waals surface area contributed by atoms with Crippen LogP contribution in [0.1, 0.15) is 87.6 Å². The Bertz CT molecular complexity index is 4300. The zero-order chi connectivity index (χ0) is 76.6. The highest BCUT2D eigenvalue weighted by molar-refractivity contribution is 6.30. The number of rotatable bonds is 36. The fourth-order valence-corrected chi connectivity index (χ4v) is 12.5. The Morgan fingerprint density at radius 2 is 0.953 bits per heavy atom. The number of likely N-dealkylation sites (tertiary alicyclic amines) is 1. The highest BCUT2D eigenvalue weighted by Crippen LogP contribution is 2.23. The van der Waals surface area contributed by atoms with E-state index in [0.29, 0.717) is 39.3 Å². The zero-order valence-corrected chi connectivity index (χ0v) is 60.1. The maximum absolute atomic E-state index is 15.2. The van der Waals surface area contributed by atoms with Crippen LogP contribution in [0, 0.1) is 5.92 Å². The summed E-state index contributed by atoms with van der Waals surface area (Å²) in [4.78, 5) is 166. The van der Waals surface area contributed by atoms with E-state index in [0.717, 1.165) is 21.5 Å². The van der Waals surface area contributed by atoms with E-state index in [2.05, 4.69) is 57.8 Å². The van der Waals surface area contributed by atoms with Gasteiger partial charge in [0.15, 0.2) is 5.96 Å². The molecule has 0 spiro atoms. The molecule has 1 aliphatic heterocycles. The Morgan fingerprint density at radius 1 is 0.519 bits per heavy atom. The third-order valence-electron chi connectivity index (χ3n) is 18.0. The molecule has 28 nitrogen and oxygen atoms in total. The van der Waals surface area contributed by atoms with E-state index in [9.17, 15) is 53.4 Å². The molecule has 106 heavy (non-hydrogen) atoms. The van der Waals surface area contributed by atoms with Gasteiger partial charge in [-0.25, -0.2) is 0 Å². The molecular formula is C77H92ClN15O13. The number of halogens is 1. The molecule has 0 aliphatic carbocycles. The molecule has 7 aromatic rings. The second-order valence-electron chi connectivity index (χ2n) is 26.8. The van der Waals surface area contributed by atoms with Crippen molar-refractivity contribution in [3.05, 3.63) is 191 Å². The maximum atomic E-state index is 15.2. The Kier molecular flexibility index (Phi) is 29.4. The van der Waals surface area contributed by atoms with Gasteiger partial charge in [-0.1, -0.05) is 141 Å². The SMILES string of the molecule is CC(=O)N[C@@H](Cc1ccc2ccccc2c1)C(=O)N[C@@H](Cc1ccc(Cl)cc1)C(=O)N[C@@H](Cc1cccnc1)C(=O)N[C@@H](CO)C(=O)N[C@@H](Cc1ccc(O)cc1)C(=O)N[C@@H](Cc1ccc2ccccc2c1)C(=O)N[C@@H](CC(C)C)C(=O)N[C@@H](CCCN=C(N)N)C(=O)N1CCC[C@H]1C(=O)N[C@H](C)C(N)=O. The normalized spacial score (nSPS) is 15.2. The van der Waals surface area contributed by atoms with Crippen LogP contribution >= 0.6 is 11.6 Å². The number of aliphatic imine (C=N–C) groups is 1. The third-order valence-corrected chi connectivity index (χ3v) is 18.2. The fourth-order valence-electron chi connectivity index (χ4n) is 12.4. The molecule has 8 rings (SSSR count). The number of aromatic hydroxyl groups is 1. The summed E-state index contributed by atoms with van der Waals surface area (Å²) >= 11 is 6.25. The highest BCUT2D eigenvalue weighted by Gasteiger charge is 2.40. The van der Waals surface area contributed by atoms with Crippen LogP contribution < -0.4 is 65.1 Å². The lowest BCUT2D eigenvalue weighted by molar-refractivity contribution is -0.142. The molecule has 1 aliphatic rings. The number of aliphatic hydroxyl groups excluding tert-OH is 1. The van der Waals surface area contributed by atoms with Crippen LogP contribution in [0.5, 0.6) is 5.75 Å². The van der Waals surface area contributed by atoms with Gasteiger partial charge in [0.25, 0.3) is 0 Å². The van der Waals surface area contributed by atoms with E-state index in [1.54, 1.807) is 56.3 Å². The minimum atomic E-state index is -1.83. The van der Waals surface area contributed by atoms with E-state index < -0.39 is 132 Å². The first-order valence-electron chi connectivity index (χ1n) is 35.0. The van der Waals surface area contributed by atoms with Crippen molar-refractivity contribution in [3.63, 3.8) is 0 Å². The van der Waals surface area contributed by atoms with Crippen LogP contribution in [0.2, 0.25) is 5.02 Å². The van der Waals surface area contributed by atoms with Gasteiger partial charge in [-0.15, -0.1) is 0 Å². The van der Waals surface area contributed by atoms with Crippen LogP contribution in [0.25, 0.3) is 21.5 Å². The van der Waals surface area contributed by atoms with Crippen molar-refractivity contribution in [2.45, 2.75) is 152 Å². The number of nitrogens with one attached hydrogen (secondary N) is 9. The minimum absolute atomic E-state index is 0.0116. The minimum Gasteiger partial charge on any atom is -0.508 e. The number of carbonyl (C=O) groups excluding carboxylic acids is 11. The number of nitrogens with two attached hydrogens (primary N) is 3. The lowest BCUT2D eigenvalue weighted by Crippen LogP contribution is -2.62. The van der Waals surface area contributed by atoms with Crippen LogP contribution in [-0.4, -0.2) is 171 Å². The molecular weight excluding hydrogens is 1380 g/mol. The highest BCUT2D eigenvalue weighted by atomic mass is 35.5. The molecule has 0 unspecified atom stereocenters. The summed E-state index contributed by atoms with van der Waals surface area (Å²) in [5.74, 6) is -9.43. The zero-order valence-electron chi connectivity index (χ0n) is 59.4. The third kappa shape index (κ3) is 24.0.